The minimum atomic E-state index is -0.0688. The van der Waals surface area contributed by atoms with Gasteiger partial charge in [-0.05, 0) is 62.3 Å². The highest BCUT2D eigenvalue weighted by Crippen LogP contribution is 2.29. The lowest BCUT2D eigenvalue weighted by Crippen LogP contribution is -2.46. The van der Waals surface area contributed by atoms with Crippen LogP contribution in [0.15, 0.2) is 28.9 Å². The van der Waals surface area contributed by atoms with Crippen molar-refractivity contribution >= 4 is 23.2 Å². The lowest BCUT2D eigenvalue weighted by molar-refractivity contribution is 0.0667. The summed E-state index contributed by atoms with van der Waals surface area (Å²) < 4.78 is 5.18. The SMILES string of the molecule is O=C(NC1CCN(C(=O)c2ccco2)CC1)c1cc2c(s1)CCCC2. The van der Waals surface area contributed by atoms with E-state index in [2.05, 4.69) is 11.4 Å². The summed E-state index contributed by atoms with van der Waals surface area (Å²) in [5, 5.41) is 3.15. The number of rotatable bonds is 3. The standard InChI is InChI=1S/C19H22N2O3S/c22-18(17-12-13-4-1-2-6-16(13)25-17)20-14-7-9-21(10-8-14)19(23)15-5-3-11-24-15/h3,5,11-12,14H,1-2,4,6-10H2,(H,20,22). The molecule has 2 aliphatic rings. The van der Waals surface area contributed by atoms with Gasteiger partial charge in [0.25, 0.3) is 11.8 Å². The molecule has 0 aromatic carbocycles. The predicted octanol–water partition coefficient (Wildman–Crippen LogP) is 3.25. The van der Waals surface area contributed by atoms with Gasteiger partial charge in [-0.3, -0.25) is 9.59 Å². The van der Waals surface area contributed by atoms with E-state index in [4.69, 9.17) is 4.42 Å². The van der Waals surface area contributed by atoms with Gasteiger partial charge in [-0.2, -0.15) is 0 Å². The van der Waals surface area contributed by atoms with Crippen LogP contribution in [0.25, 0.3) is 0 Å². The number of amides is 2. The first-order chi connectivity index (χ1) is 12.2. The van der Waals surface area contributed by atoms with Crippen molar-refractivity contribution < 1.29 is 14.0 Å². The largest absolute Gasteiger partial charge is 0.459 e. The summed E-state index contributed by atoms with van der Waals surface area (Å²) in [6.07, 6.45) is 7.75. The Morgan fingerprint density at radius 2 is 2.00 bits per heavy atom. The molecule has 6 heteroatoms. The van der Waals surface area contributed by atoms with Gasteiger partial charge >= 0.3 is 0 Å². The molecule has 2 aromatic rings. The van der Waals surface area contributed by atoms with E-state index in [1.165, 1.54) is 29.5 Å². The molecule has 2 amide bonds. The number of piperidine rings is 1. The van der Waals surface area contributed by atoms with Crippen molar-refractivity contribution in [2.75, 3.05) is 13.1 Å². The Morgan fingerprint density at radius 3 is 2.72 bits per heavy atom. The Balaban J connectivity index is 1.31. The number of nitrogens with zero attached hydrogens (tertiary/aromatic N) is 1. The monoisotopic (exact) mass is 358 g/mol. The van der Waals surface area contributed by atoms with Crippen molar-refractivity contribution in [3.63, 3.8) is 0 Å². The number of aryl methyl sites for hydroxylation is 2. The fourth-order valence-corrected chi connectivity index (χ4v) is 4.80. The molecule has 0 saturated carbocycles. The Morgan fingerprint density at radius 1 is 1.20 bits per heavy atom. The van der Waals surface area contributed by atoms with E-state index in [0.29, 0.717) is 18.8 Å². The minimum absolute atomic E-state index is 0.0372. The maximum atomic E-state index is 12.5. The molecule has 132 valence electrons. The van der Waals surface area contributed by atoms with Crippen LogP contribution < -0.4 is 5.32 Å². The second kappa shape index (κ2) is 7.04. The minimum Gasteiger partial charge on any atom is -0.459 e. The number of fused-ring (bicyclic) bond motifs is 1. The highest BCUT2D eigenvalue weighted by atomic mass is 32.1. The number of hydrogen-bond acceptors (Lipinski definition) is 4. The molecule has 1 N–H and O–H groups in total. The molecule has 1 aliphatic heterocycles. The number of thiophene rings is 1. The van der Waals surface area contributed by atoms with E-state index in [0.717, 1.165) is 30.6 Å². The molecular formula is C19H22N2O3S. The number of carbonyl (C=O) groups is 2. The molecule has 25 heavy (non-hydrogen) atoms. The number of likely N-dealkylation sites (tertiary alicyclic amines) is 1. The molecule has 0 bridgehead atoms. The quantitative estimate of drug-likeness (QED) is 0.916. The number of nitrogens with one attached hydrogen (secondary N) is 1. The molecule has 3 heterocycles. The van der Waals surface area contributed by atoms with Crippen LogP contribution in [0.3, 0.4) is 0 Å². The zero-order valence-electron chi connectivity index (χ0n) is 14.1. The number of furan rings is 1. The maximum Gasteiger partial charge on any atom is 0.289 e. The van der Waals surface area contributed by atoms with Gasteiger partial charge in [-0.25, -0.2) is 0 Å². The Kier molecular flexibility index (Phi) is 4.61. The lowest BCUT2D eigenvalue weighted by Gasteiger charge is -2.31. The van der Waals surface area contributed by atoms with Gasteiger partial charge in [0.15, 0.2) is 5.76 Å². The van der Waals surface area contributed by atoms with E-state index in [-0.39, 0.29) is 17.9 Å². The molecule has 1 fully saturated rings. The summed E-state index contributed by atoms with van der Waals surface area (Å²) in [6, 6.07) is 5.62. The van der Waals surface area contributed by atoms with Gasteiger partial charge in [0.05, 0.1) is 11.1 Å². The topological polar surface area (TPSA) is 62.6 Å². The fourth-order valence-electron chi connectivity index (χ4n) is 3.64. The maximum absolute atomic E-state index is 12.5. The Bertz CT molecular complexity index is 734. The third-order valence-electron chi connectivity index (χ3n) is 5.07. The summed E-state index contributed by atoms with van der Waals surface area (Å²) >= 11 is 1.65. The molecule has 1 aliphatic carbocycles. The zero-order valence-corrected chi connectivity index (χ0v) is 14.9. The van der Waals surface area contributed by atoms with Crippen LogP contribution in [0.4, 0.5) is 0 Å². The first kappa shape index (κ1) is 16.4. The molecule has 5 nitrogen and oxygen atoms in total. The fraction of sp³-hybridized carbons (Fsp3) is 0.474. The smallest absolute Gasteiger partial charge is 0.289 e. The van der Waals surface area contributed by atoms with Gasteiger partial charge in [0.1, 0.15) is 0 Å². The molecule has 2 aromatic heterocycles. The predicted molar refractivity (Wildman–Crippen MR) is 96.1 cm³/mol. The Labute approximate surface area is 151 Å². The molecule has 0 spiro atoms. The van der Waals surface area contributed by atoms with E-state index in [9.17, 15) is 9.59 Å². The molecule has 0 atom stereocenters. The third kappa shape index (κ3) is 3.49. The zero-order chi connectivity index (χ0) is 17.2. The molecule has 0 unspecified atom stereocenters. The lowest BCUT2D eigenvalue weighted by atomic mass is 9.99. The van der Waals surface area contributed by atoms with Crippen LogP contribution in [0.2, 0.25) is 0 Å². The van der Waals surface area contributed by atoms with Crippen LogP contribution in [-0.2, 0) is 12.8 Å². The first-order valence-corrected chi connectivity index (χ1v) is 9.77. The molecule has 1 saturated heterocycles. The average Bonchev–Trinajstić information content (AvgIpc) is 3.31. The first-order valence-electron chi connectivity index (χ1n) is 8.96. The van der Waals surface area contributed by atoms with Crippen molar-refractivity contribution in [3.8, 4) is 0 Å². The van der Waals surface area contributed by atoms with Crippen LogP contribution >= 0.6 is 11.3 Å². The van der Waals surface area contributed by atoms with E-state index in [1.807, 2.05) is 0 Å². The summed E-state index contributed by atoms with van der Waals surface area (Å²) in [4.78, 5) is 28.8. The van der Waals surface area contributed by atoms with Gasteiger partial charge < -0.3 is 14.6 Å². The van der Waals surface area contributed by atoms with Crippen molar-refractivity contribution in [2.24, 2.45) is 0 Å². The third-order valence-corrected chi connectivity index (χ3v) is 6.31. The van der Waals surface area contributed by atoms with E-state index in [1.54, 1.807) is 28.4 Å². The average molecular weight is 358 g/mol. The van der Waals surface area contributed by atoms with Gasteiger partial charge in [0, 0.05) is 24.0 Å². The van der Waals surface area contributed by atoms with Crippen LogP contribution in [0.1, 0.15) is 56.4 Å². The van der Waals surface area contributed by atoms with E-state index >= 15 is 0 Å². The van der Waals surface area contributed by atoms with Gasteiger partial charge in [-0.15, -0.1) is 11.3 Å². The normalized spacial score (nSPS) is 18.0. The number of carbonyl (C=O) groups excluding carboxylic acids is 2. The molecule has 4 rings (SSSR count). The molecular weight excluding hydrogens is 336 g/mol. The van der Waals surface area contributed by atoms with Crippen molar-refractivity contribution in [1.82, 2.24) is 10.2 Å². The van der Waals surface area contributed by atoms with Crippen molar-refractivity contribution in [3.05, 3.63) is 45.5 Å². The summed E-state index contributed by atoms with van der Waals surface area (Å²) in [5.74, 6) is 0.350. The van der Waals surface area contributed by atoms with Crippen LogP contribution in [-0.4, -0.2) is 35.8 Å². The second-order valence-electron chi connectivity index (χ2n) is 6.78. The summed E-state index contributed by atoms with van der Waals surface area (Å²) in [7, 11) is 0. The van der Waals surface area contributed by atoms with Crippen LogP contribution in [0, 0.1) is 0 Å². The number of hydrogen-bond donors (Lipinski definition) is 1. The highest BCUT2D eigenvalue weighted by molar-refractivity contribution is 7.14. The van der Waals surface area contributed by atoms with Gasteiger partial charge in [-0.1, -0.05) is 0 Å². The van der Waals surface area contributed by atoms with Gasteiger partial charge in [0.2, 0.25) is 0 Å². The highest BCUT2D eigenvalue weighted by Gasteiger charge is 2.26. The van der Waals surface area contributed by atoms with Crippen molar-refractivity contribution in [1.29, 1.82) is 0 Å². The summed E-state index contributed by atoms with van der Waals surface area (Å²) in [5.41, 5.74) is 1.36. The van der Waals surface area contributed by atoms with Crippen molar-refractivity contribution in [2.45, 2.75) is 44.6 Å². The summed E-state index contributed by atoms with van der Waals surface area (Å²) in [6.45, 7) is 1.29. The Hall–Kier alpha value is -2.08. The van der Waals surface area contributed by atoms with Crippen LogP contribution in [0.5, 0.6) is 0 Å². The second-order valence-corrected chi connectivity index (χ2v) is 7.92. The molecule has 0 radical (unpaired) electrons. The van der Waals surface area contributed by atoms with E-state index < -0.39 is 0 Å².